The number of hydrogen-bond donors (Lipinski definition) is 1. The zero-order valence-corrected chi connectivity index (χ0v) is 19.9. The molecular weight excluding hydrogens is 467 g/mol. The molecule has 1 fully saturated rings. The molecule has 1 N–H and O–H groups in total. The van der Waals surface area contributed by atoms with E-state index in [0.717, 1.165) is 4.90 Å². The van der Waals surface area contributed by atoms with Crippen molar-refractivity contribution in [2.24, 2.45) is 5.92 Å². The molecule has 0 saturated carbocycles. The lowest BCUT2D eigenvalue weighted by atomic mass is 9.95. The van der Waals surface area contributed by atoms with Crippen molar-refractivity contribution in [2.45, 2.75) is 23.5 Å². The van der Waals surface area contributed by atoms with Crippen LogP contribution in [0.25, 0.3) is 0 Å². The minimum Gasteiger partial charge on any atom is -0.454 e. The molecule has 2 aliphatic heterocycles. The second-order valence-corrected chi connectivity index (χ2v) is 9.52. The van der Waals surface area contributed by atoms with Crippen LogP contribution in [0.5, 0.6) is 11.5 Å². The van der Waals surface area contributed by atoms with Gasteiger partial charge in [0, 0.05) is 41.4 Å². The number of halogens is 1. The number of likely N-dealkylation sites (tertiary alicyclic amines) is 1. The van der Waals surface area contributed by atoms with Crippen LogP contribution < -0.4 is 14.8 Å². The van der Waals surface area contributed by atoms with Crippen LogP contribution in [0, 0.1) is 11.7 Å². The van der Waals surface area contributed by atoms with Crippen LogP contribution in [-0.2, 0) is 10.5 Å². The van der Waals surface area contributed by atoms with Gasteiger partial charge in [-0.05, 0) is 48.7 Å². The third kappa shape index (κ3) is 5.27. The summed E-state index contributed by atoms with van der Waals surface area (Å²) in [6.07, 6.45) is 1.18. The summed E-state index contributed by atoms with van der Waals surface area (Å²) in [4.78, 5) is 28.7. The highest BCUT2D eigenvalue weighted by atomic mass is 32.2. The highest BCUT2D eigenvalue weighted by Gasteiger charge is 2.29. The van der Waals surface area contributed by atoms with E-state index in [1.165, 1.54) is 17.8 Å². The molecule has 35 heavy (non-hydrogen) atoms. The molecule has 0 aliphatic carbocycles. The van der Waals surface area contributed by atoms with Crippen LogP contribution in [-0.4, -0.2) is 36.6 Å². The van der Waals surface area contributed by atoms with Crippen LogP contribution in [0.15, 0.2) is 71.6 Å². The molecule has 0 radical (unpaired) electrons. The Morgan fingerprint density at radius 1 is 0.971 bits per heavy atom. The van der Waals surface area contributed by atoms with E-state index in [1.807, 2.05) is 30.3 Å². The van der Waals surface area contributed by atoms with Crippen molar-refractivity contribution in [2.75, 3.05) is 25.2 Å². The average molecular weight is 493 g/mol. The Bertz CT molecular complexity index is 1240. The maximum Gasteiger partial charge on any atom is 0.254 e. The lowest BCUT2D eigenvalue weighted by molar-refractivity contribution is -0.121. The molecule has 0 spiro atoms. The molecule has 0 atom stereocenters. The lowest BCUT2D eigenvalue weighted by Gasteiger charge is -2.31. The van der Waals surface area contributed by atoms with Crippen molar-refractivity contribution in [3.05, 3.63) is 83.7 Å². The quantitative estimate of drug-likeness (QED) is 0.471. The van der Waals surface area contributed by atoms with Gasteiger partial charge in [0.05, 0.1) is 5.56 Å². The topological polar surface area (TPSA) is 67.9 Å². The number of fused-ring (bicyclic) bond motifs is 1. The van der Waals surface area contributed by atoms with E-state index in [9.17, 15) is 14.0 Å². The molecular formula is C27H25FN2O4S. The Morgan fingerprint density at radius 3 is 2.54 bits per heavy atom. The number of rotatable bonds is 6. The summed E-state index contributed by atoms with van der Waals surface area (Å²) in [6, 6.07) is 19.4. The van der Waals surface area contributed by atoms with Gasteiger partial charge in [-0.25, -0.2) is 4.39 Å². The molecule has 0 aromatic heterocycles. The molecule has 2 amide bonds. The summed E-state index contributed by atoms with van der Waals surface area (Å²) < 4.78 is 24.7. The number of piperidine rings is 1. The Balaban J connectivity index is 1.18. The van der Waals surface area contributed by atoms with Crippen molar-refractivity contribution >= 4 is 29.3 Å². The first kappa shape index (κ1) is 23.2. The van der Waals surface area contributed by atoms with Crippen molar-refractivity contribution in [3.63, 3.8) is 0 Å². The fourth-order valence-corrected chi connectivity index (χ4v) is 5.30. The first-order valence-corrected chi connectivity index (χ1v) is 12.5. The van der Waals surface area contributed by atoms with Crippen LogP contribution in [0.4, 0.5) is 10.1 Å². The molecule has 180 valence electrons. The normalized spacial score (nSPS) is 15.2. The van der Waals surface area contributed by atoms with E-state index in [1.54, 1.807) is 35.2 Å². The zero-order chi connectivity index (χ0) is 24.2. The SMILES string of the molecule is O=C(Nc1ccc2c(c1)OCO2)C1CCN(C(=O)c2ccccc2SCc2ccccc2F)CC1. The Morgan fingerprint density at radius 2 is 1.71 bits per heavy atom. The highest BCUT2D eigenvalue weighted by Crippen LogP contribution is 2.35. The number of amides is 2. The van der Waals surface area contributed by atoms with Crippen LogP contribution >= 0.6 is 11.8 Å². The van der Waals surface area contributed by atoms with Gasteiger partial charge < -0.3 is 19.7 Å². The van der Waals surface area contributed by atoms with Gasteiger partial charge in [0.15, 0.2) is 11.5 Å². The molecule has 5 rings (SSSR count). The van der Waals surface area contributed by atoms with E-state index in [4.69, 9.17) is 9.47 Å². The number of thioether (sulfide) groups is 1. The van der Waals surface area contributed by atoms with Crippen LogP contribution in [0.3, 0.4) is 0 Å². The molecule has 2 aliphatic rings. The standard InChI is InChI=1S/C27H25FN2O4S/c28-22-7-3-1-5-19(22)16-35-25-8-4-2-6-21(25)27(32)30-13-11-18(12-14-30)26(31)29-20-9-10-23-24(15-20)34-17-33-23/h1-10,15,18H,11-14,16-17H2,(H,29,31). The average Bonchev–Trinajstić information content (AvgIpc) is 3.36. The Labute approximate surface area is 207 Å². The summed E-state index contributed by atoms with van der Waals surface area (Å²) in [5, 5.41) is 2.95. The largest absolute Gasteiger partial charge is 0.454 e. The fraction of sp³-hybridized carbons (Fsp3) is 0.259. The molecule has 1 saturated heterocycles. The van der Waals surface area contributed by atoms with Gasteiger partial charge in [-0.3, -0.25) is 9.59 Å². The number of carbonyl (C=O) groups excluding carboxylic acids is 2. The van der Waals surface area contributed by atoms with Gasteiger partial charge >= 0.3 is 0 Å². The van der Waals surface area contributed by atoms with Gasteiger partial charge in [-0.15, -0.1) is 11.8 Å². The summed E-state index contributed by atoms with van der Waals surface area (Å²) >= 11 is 1.45. The van der Waals surface area contributed by atoms with E-state index < -0.39 is 0 Å². The Hall–Kier alpha value is -3.52. The first-order chi connectivity index (χ1) is 17.1. The van der Waals surface area contributed by atoms with Crippen molar-refractivity contribution in [3.8, 4) is 11.5 Å². The van der Waals surface area contributed by atoms with Crippen molar-refractivity contribution in [1.29, 1.82) is 0 Å². The fourth-order valence-electron chi connectivity index (χ4n) is 4.27. The second-order valence-electron chi connectivity index (χ2n) is 8.50. The third-order valence-corrected chi connectivity index (χ3v) is 7.37. The summed E-state index contributed by atoms with van der Waals surface area (Å²) in [6.45, 7) is 1.19. The number of ether oxygens (including phenoxy) is 2. The smallest absolute Gasteiger partial charge is 0.254 e. The summed E-state index contributed by atoms with van der Waals surface area (Å²) in [5.41, 5.74) is 1.88. The molecule has 2 heterocycles. The first-order valence-electron chi connectivity index (χ1n) is 11.5. The third-order valence-electron chi connectivity index (χ3n) is 6.25. The van der Waals surface area contributed by atoms with Gasteiger partial charge in [-0.2, -0.15) is 0 Å². The van der Waals surface area contributed by atoms with Gasteiger partial charge in [0.2, 0.25) is 12.7 Å². The lowest BCUT2D eigenvalue weighted by Crippen LogP contribution is -2.41. The summed E-state index contributed by atoms with van der Waals surface area (Å²) in [7, 11) is 0. The maximum atomic E-state index is 14.0. The molecule has 0 unspecified atom stereocenters. The van der Waals surface area contributed by atoms with Gasteiger partial charge in [0.1, 0.15) is 5.82 Å². The minimum atomic E-state index is -0.245. The van der Waals surface area contributed by atoms with Crippen molar-refractivity contribution < 1.29 is 23.5 Å². The number of benzene rings is 3. The summed E-state index contributed by atoms with van der Waals surface area (Å²) in [5.74, 6) is 1.20. The maximum absolute atomic E-state index is 14.0. The van der Waals surface area contributed by atoms with Crippen LogP contribution in [0.1, 0.15) is 28.8 Å². The van der Waals surface area contributed by atoms with Crippen LogP contribution in [0.2, 0.25) is 0 Å². The molecule has 0 bridgehead atoms. The van der Waals surface area contributed by atoms with E-state index in [2.05, 4.69) is 5.32 Å². The highest BCUT2D eigenvalue weighted by molar-refractivity contribution is 7.98. The predicted molar refractivity (Wildman–Crippen MR) is 132 cm³/mol. The molecule has 8 heteroatoms. The van der Waals surface area contributed by atoms with Crippen molar-refractivity contribution in [1.82, 2.24) is 4.90 Å². The molecule has 3 aromatic rings. The number of nitrogens with one attached hydrogen (secondary N) is 1. The minimum absolute atomic E-state index is 0.0585. The monoisotopic (exact) mass is 492 g/mol. The number of anilines is 1. The molecule has 6 nitrogen and oxygen atoms in total. The van der Waals surface area contributed by atoms with E-state index in [-0.39, 0.29) is 30.3 Å². The van der Waals surface area contributed by atoms with Gasteiger partial charge in [0.25, 0.3) is 5.91 Å². The zero-order valence-electron chi connectivity index (χ0n) is 19.0. The number of nitrogens with zero attached hydrogens (tertiary/aromatic N) is 1. The van der Waals surface area contributed by atoms with E-state index in [0.29, 0.717) is 60.0 Å². The Kier molecular flexibility index (Phi) is 6.90. The molecule has 3 aromatic carbocycles. The number of hydrogen-bond acceptors (Lipinski definition) is 5. The second kappa shape index (κ2) is 10.4. The van der Waals surface area contributed by atoms with E-state index >= 15 is 0 Å². The van der Waals surface area contributed by atoms with Gasteiger partial charge in [-0.1, -0.05) is 30.3 Å². The number of carbonyl (C=O) groups is 2. The predicted octanol–water partition coefficient (Wildman–Crippen LogP) is 5.34.